The van der Waals surface area contributed by atoms with Crippen LogP contribution < -0.4 is 5.32 Å². The molecule has 1 saturated heterocycles. The summed E-state index contributed by atoms with van der Waals surface area (Å²) in [6.45, 7) is 10.2. The van der Waals surface area contributed by atoms with Gasteiger partial charge in [-0.2, -0.15) is 5.10 Å². The molecule has 2 heterocycles. The van der Waals surface area contributed by atoms with Gasteiger partial charge in [0.25, 0.3) is 5.91 Å². The van der Waals surface area contributed by atoms with E-state index < -0.39 is 0 Å². The van der Waals surface area contributed by atoms with Crippen LogP contribution in [0.5, 0.6) is 0 Å². The number of H-pyrrole nitrogens is 1. The Labute approximate surface area is 126 Å². The number of hydrogen-bond donors (Lipinski definition) is 2. The highest BCUT2D eigenvalue weighted by atomic mass is 16.1. The van der Waals surface area contributed by atoms with Gasteiger partial charge < -0.3 is 5.32 Å². The third-order valence-electron chi connectivity index (χ3n) is 4.16. The van der Waals surface area contributed by atoms with Crippen molar-refractivity contribution >= 4 is 5.91 Å². The van der Waals surface area contributed by atoms with Crippen molar-refractivity contribution < 1.29 is 4.79 Å². The van der Waals surface area contributed by atoms with Crippen LogP contribution in [0, 0.1) is 12.8 Å². The number of aromatic nitrogens is 2. The maximum absolute atomic E-state index is 11.9. The number of amides is 1. The quantitative estimate of drug-likeness (QED) is 0.817. The lowest BCUT2D eigenvalue weighted by Gasteiger charge is -2.32. The first-order valence-corrected chi connectivity index (χ1v) is 7.73. The molecule has 0 radical (unpaired) electrons. The van der Waals surface area contributed by atoms with Gasteiger partial charge in [0.2, 0.25) is 0 Å². The number of nitrogens with zero attached hydrogens (tertiary/aromatic N) is 2. The number of piperidine rings is 1. The maximum atomic E-state index is 11.9. The Kier molecular flexibility index (Phi) is 5.56. The maximum Gasteiger partial charge on any atom is 0.271 e. The average molecular weight is 290 g/mol. The summed E-state index contributed by atoms with van der Waals surface area (Å²) in [4.78, 5) is 14.4. The summed E-state index contributed by atoms with van der Waals surface area (Å²) in [5.41, 5.74) is 2.82. The van der Waals surface area contributed by atoms with Crippen molar-refractivity contribution in [3.8, 4) is 0 Å². The molecule has 5 nitrogen and oxygen atoms in total. The van der Waals surface area contributed by atoms with E-state index in [2.05, 4.69) is 40.3 Å². The summed E-state index contributed by atoms with van der Waals surface area (Å²) in [5, 5.41) is 9.77. The van der Waals surface area contributed by atoms with Gasteiger partial charge in [0, 0.05) is 18.8 Å². The molecule has 5 heteroatoms. The van der Waals surface area contributed by atoms with Gasteiger partial charge in [-0.05, 0) is 58.7 Å². The van der Waals surface area contributed by atoms with E-state index in [1.54, 1.807) is 6.07 Å². The second kappa shape index (κ2) is 7.41. The molecule has 0 atom stereocenters. The van der Waals surface area contributed by atoms with Gasteiger partial charge in [0.05, 0.1) is 0 Å². The van der Waals surface area contributed by atoms with Gasteiger partial charge in [0.1, 0.15) is 5.69 Å². The molecular weight excluding hydrogens is 264 g/mol. The molecule has 1 amide bonds. The van der Waals surface area contributed by atoms with Crippen molar-refractivity contribution in [1.29, 1.82) is 0 Å². The molecule has 1 aromatic heterocycles. The number of carbonyl (C=O) groups excluding carboxylic acids is 1. The molecule has 2 rings (SSSR count). The zero-order valence-corrected chi connectivity index (χ0v) is 13.3. The molecule has 1 fully saturated rings. The second-order valence-corrected chi connectivity index (χ2v) is 6.00. The fourth-order valence-electron chi connectivity index (χ4n) is 2.65. The molecule has 0 unspecified atom stereocenters. The van der Waals surface area contributed by atoms with E-state index in [0.29, 0.717) is 11.6 Å². The van der Waals surface area contributed by atoms with E-state index in [1.165, 1.54) is 5.57 Å². The molecule has 116 valence electrons. The molecule has 0 aromatic carbocycles. The minimum absolute atomic E-state index is 0.0773. The summed E-state index contributed by atoms with van der Waals surface area (Å²) >= 11 is 0. The third kappa shape index (κ3) is 4.70. The molecule has 21 heavy (non-hydrogen) atoms. The lowest BCUT2D eigenvalue weighted by Crippen LogP contribution is -2.39. The Bertz CT molecular complexity index is 498. The normalized spacial score (nSPS) is 18.0. The first kappa shape index (κ1) is 15.8. The van der Waals surface area contributed by atoms with Gasteiger partial charge in [-0.1, -0.05) is 11.6 Å². The van der Waals surface area contributed by atoms with Gasteiger partial charge in [-0.15, -0.1) is 0 Å². The van der Waals surface area contributed by atoms with E-state index in [0.717, 1.165) is 44.7 Å². The number of rotatable bonds is 5. The summed E-state index contributed by atoms with van der Waals surface area (Å²) in [7, 11) is 0. The van der Waals surface area contributed by atoms with Gasteiger partial charge in [-0.25, -0.2) is 0 Å². The molecule has 2 N–H and O–H groups in total. The highest BCUT2D eigenvalue weighted by Gasteiger charge is 2.20. The minimum atomic E-state index is -0.0773. The SMILES string of the molecule is CC=C(C)CN1CCC(CNC(=O)c2cc(C)[nH]n2)CC1. The van der Waals surface area contributed by atoms with Gasteiger partial charge in [-0.3, -0.25) is 14.8 Å². The standard InChI is InChI=1S/C16H26N4O/c1-4-12(2)11-20-7-5-14(6-8-20)10-17-16(21)15-9-13(3)18-19-15/h4,9,14H,5-8,10-11H2,1-3H3,(H,17,21)(H,18,19). The lowest BCUT2D eigenvalue weighted by atomic mass is 9.96. The molecule has 0 saturated carbocycles. The van der Waals surface area contributed by atoms with Crippen molar-refractivity contribution in [2.24, 2.45) is 5.92 Å². The molecule has 1 aliphatic heterocycles. The lowest BCUT2D eigenvalue weighted by molar-refractivity contribution is 0.0932. The van der Waals surface area contributed by atoms with E-state index in [1.807, 2.05) is 6.92 Å². The largest absolute Gasteiger partial charge is 0.350 e. The summed E-state index contributed by atoms with van der Waals surface area (Å²) in [6.07, 6.45) is 4.48. The monoisotopic (exact) mass is 290 g/mol. The van der Waals surface area contributed by atoms with Crippen molar-refractivity contribution in [3.05, 3.63) is 29.1 Å². The predicted octanol–water partition coefficient (Wildman–Crippen LogP) is 2.13. The number of aromatic amines is 1. The Hall–Kier alpha value is -1.62. The molecule has 0 aliphatic carbocycles. The van der Waals surface area contributed by atoms with E-state index in [9.17, 15) is 4.79 Å². The number of hydrogen-bond acceptors (Lipinski definition) is 3. The van der Waals surface area contributed by atoms with Crippen molar-refractivity contribution in [1.82, 2.24) is 20.4 Å². The minimum Gasteiger partial charge on any atom is -0.350 e. The zero-order chi connectivity index (χ0) is 15.2. The Morgan fingerprint density at radius 1 is 1.52 bits per heavy atom. The van der Waals surface area contributed by atoms with Crippen molar-refractivity contribution in [2.45, 2.75) is 33.6 Å². The van der Waals surface area contributed by atoms with Crippen LogP contribution in [0.1, 0.15) is 42.9 Å². The van der Waals surface area contributed by atoms with Crippen molar-refractivity contribution in [2.75, 3.05) is 26.2 Å². The van der Waals surface area contributed by atoms with E-state index in [4.69, 9.17) is 0 Å². The summed E-state index contributed by atoms with van der Waals surface area (Å²) in [6, 6.07) is 1.78. The van der Waals surface area contributed by atoms with Crippen LogP contribution in [-0.2, 0) is 0 Å². The van der Waals surface area contributed by atoms with Crippen LogP contribution >= 0.6 is 0 Å². The van der Waals surface area contributed by atoms with Gasteiger partial charge in [0.15, 0.2) is 0 Å². The Balaban J connectivity index is 1.70. The van der Waals surface area contributed by atoms with Crippen LogP contribution in [0.15, 0.2) is 17.7 Å². The number of allylic oxidation sites excluding steroid dienone is 1. The number of aryl methyl sites for hydroxylation is 1. The Morgan fingerprint density at radius 2 is 2.24 bits per heavy atom. The first-order valence-electron chi connectivity index (χ1n) is 7.73. The zero-order valence-electron chi connectivity index (χ0n) is 13.3. The Morgan fingerprint density at radius 3 is 2.81 bits per heavy atom. The molecule has 1 aliphatic rings. The highest BCUT2D eigenvalue weighted by Crippen LogP contribution is 2.17. The van der Waals surface area contributed by atoms with Crippen LogP contribution in [0.25, 0.3) is 0 Å². The van der Waals surface area contributed by atoms with E-state index in [-0.39, 0.29) is 5.91 Å². The smallest absolute Gasteiger partial charge is 0.271 e. The molecule has 0 bridgehead atoms. The summed E-state index contributed by atoms with van der Waals surface area (Å²) in [5.74, 6) is 0.502. The molecule has 1 aromatic rings. The van der Waals surface area contributed by atoms with Crippen LogP contribution in [0.2, 0.25) is 0 Å². The predicted molar refractivity (Wildman–Crippen MR) is 84.3 cm³/mol. The summed E-state index contributed by atoms with van der Waals surface area (Å²) < 4.78 is 0. The molecular formula is C16H26N4O. The van der Waals surface area contributed by atoms with Gasteiger partial charge >= 0.3 is 0 Å². The number of nitrogens with one attached hydrogen (secondary N) is 2. The van der Waals surface area contributed by atoms with Crippen LogP contribution in [-0.4, -0.2) is 47.2 Å². The average Bonchev–Trinajstić information content (AvgIpc) is 2.92. The van der Waals surface area contributed by atoms with E-state index >= 15 is 0 Å². The topological polar surface area (TPSA) is 61.0 Å². The third-order valence-corrected chi connectivity index (χ3v) is 4.16. The first-order chi connectivity index (χ1) is 10.1. The fraction of sp³-hybridized carbons (Fsp3) is 0.625. The highest BCUT2D eigenvalue weighted by molar-refractivity contribution is 5.92. The fourth-order valence-corrected chi connectivity index (χ4v) is 2.65. The molecule has 0 spiro atoms. The second-order valence-electron chi connectivity index (χ2n) is 6.00. The van der Waals surface area contributed by atoms with Crippen molar-refractivity contribution in [3.63, 3.8) is 0 Å². The van der Waals surface area contributed by atoms with Crippen LogP contribution in [0.4, 0.5) is 0 Å². The number of carbonyl (C=O) groups is 1. The number of likely N-dealkylation sites (tertiary alicyclic amines) is 1. The van der Waals surface area contributed by atoms with Crippen LogP contribution in [0.3, 0.4) is 0 Å².